The van der Waals surface area contributed by atoms with E-state index >= 15 is 0 Å². The van der Waals surface area contributed by atoms with Crippen LogP contribution in [0.2, 0.25) is 0 Å². The molecule has 0 spiro atoms. The van der Waals surface area contributed by atoms with E-state index in [4.69, 9.17) is 5.26 Å². The van der Waals surface area contributed by atoms with E-state index in [0.29, 0.717) is 5.69 Å². The van der Waals surface area contributed by atoms with E-state index in [0.717, 1.165) is 5.56 Å². The van der Waals surface area contributed by atoms with Crippen LogP contribution in [0.25, 0.3) is 0 Å². The molecule has 0 aromatic carbocycles. The number of hydrogen-bond donors (Lipinski definition) is 0. The zero-order valence-electron chi connectivity index (χ0n) is 6.28. The van der Waals surface area contributed by atoms with Crippen molar-refractivity contribution in [2.75, 3.05) is 0 Å². The van der Waals surface area contributed by atoms with E-state index in [-0.39, 0.29) is 0 Å². The van der Waals surface area contributed by atoms with Crippen molar-refractivity contribution in [1.82, 2.24) is 4.98 Å². The average Bonchev–Trinajstić information content (AvgIpc) is 2.08. The van der Waals surface area contributed by atoms with Crippen LogP contribution >= 0.6 is 0 Å². The molecule has 0 saturated carbocycles. The van der Waals surface area contributed by atoms with Gasteiger partial charge in [0.2, 0.25) is 0 Å². The van der Waals surface area contributed by atoms with Crippen molar-refractivity contribution in [3.05, 3.63) is 29.6 Å². The van der Waals surface area contributed by atoms with E-state index in [1.165, 1.54) is 0 Å². The molecule has 54 valence electrons. The van der Waals surface area contributed by atoms with Crippen LogP contribution in [0.5, 0.6) is 0 Å². The first-order valence-corrected chi connectivity index (χ1v) is 2.99. The lowest BCUT2D eigenvalue weighted by atomic mass is 10.2. The predicted molar refractivity (Wildman–Crippen MR) is 43.6 cm³/mol. The maximum atomic E-state index is 8.35. The minimum Gasteiger partial charge on any atom is -0.246 e. The van der Waals surface area contributed by atoms with Gasteiger partial charge in [0.1, 0.15) is 11.8 Å². The molecule has 0 aliphatic rings. The number of hydrogen-bond acceptors (Lipinski definition) is 2. The van der Waals surface area contributed by atoms with Crippen molar-refractivity contribution in [3.8, 4) is 18.9 Å². The zero-order chi connectivity index (χ0) is 8.69. The van der Waals surface area contributed by atoms with Crippen LogP contribution < -0.4 is 0 Å². The summed E-state index contributed by atoms with van der Waals surface area (Å²) in [4.78, 5) is 3.80. The molecule has 0 amide bonds. The van der Waals surface area contributed by atoms with Crippen LogP contribution in [0, 0.1) is 31.1 Å². The van der Waals surface area contributed by atoms with E-state index in [1.54, 1.807) is 12.3 Å². The van der Waals surface area contributed by atoms with Crippen molar-refractivity contribution >= 4 is 0 Å². The molecule has 2 nitrogen and oxygen atoms in total. The molecule has 0 unspecified atom stereocenters. The molecular weight excluding hydrogens is 136 g/mol. The molecule has 1 rings (SSSR count). The standard InChI is InChI=1S/C7H6N2.C2H2/c1-6-2-3-9-7(4-6)5-8;1-2/h2-4H,1H3;1-2H. The summed E-state index contributed by atoms with van der Waals surface area (Å²) in [5.41, 5.74) is 1.55. The fraction of sp³-hybridized carbons (Fsp3) is 0.111. The van der Waals surface area contributed by atoms with Gasteiger partial charge < -0.3 is 0 Å². The second-order valence-corrected chi connectivity index (χ2v) is 1.83. The molecule has 2 heteroatoms. The maximum absolute atomic E-state index is 8.35. The quantitative estimate of drug-likeness (QED) is 0.517. The minimum atomic E-state index is 0.481. The predicted octanol–water partition coefficient (Wildman–Crippen LogP) is 1.51. The molecule has 0 atom stereocenters. The van der Waals surface area contributed by atoms with E-state index < -0.39 is 0 Å². The molecule has 0 fully saturated rings. The van der Waals surface area contributed by atoms with Gasteiger partial charge >= 0.3 is 0 Å². The molecule has 1 aromatic heterocycles. The summed E-state index contributed by atoms with van der Waals surface area (Å²) in [6.07, 6.45) is 9.63. The molecule has 0 saturated heterocycles. The number of pyridine rings is 1. The summed E-state index contributed by atoms with van der Waals surface area (Å²) in [6, 6.07) is 5.57. The Hall–Kier alpha value is -1.80. The highest BCUT2D eigenvalue weighted by Crippen LogP contribution is 1.96. The highest BCUT2D eigenvalue weighted by Gasteiger charge is 1.87. The van der Waals surface area contributed by atoms with Crippen LogP contribution in [0.15, 0.2) is 18.3 Å². The monoisotopic (exact) mass is 144 g/mol. The summed E-state index contributed by atoms with van der Waals surface area (Å²) in [5, 5.41) is 8.35. The van der Waals surface area contributed by atoms with E-state index in [2.05, 4.69) is 17.8 Å². The molecule has 0 N–H and O–H groups in total. The van der Waals surface area contributed by atoms with Gasteiger partial charge in [-0.25, -0.2) is 4.98 Å². The lowest BCUT2D eigenvalue weighted by Crippen LogP contribution is -1.80. The number of nitriles is 1. The smallest absolute Gasteiger partial charge is 0.140 e. The summed E-state index contributed by atoms with van der Waals surface area (Å²) in [5.74, 6) is 0. The van der Waals surface area contributed by atoms with Crippen molar-refractivity contribution < 1.29 is 0 Å². The highest BCUT2D eigenvalue weighted by atomic mass is 14.7. The molecule has 1 aromatic rings. The van der Waals surface area contributed by atoms with Gasteiger partial charge in [0.25, 0.3) is 0 Å². The summed E-state index contributed by atoms with van der Waals surface area (Å²) < 4.78 is 0. The van der Waals surface area contributed by atoms with Crippen molar-refractivity contribution in [2.45, 2.75) is 6.92 Å². The molecule has 11 heavy (non-hydrogen) atoms. The molecular formula is C9H8N2. The number of aryl methyl sites for hydroxylation is 1. The SMILES string of the molecule is C#C.Cc1ccnc(C#N)c1. The van der Waals surface area contributed by atoms with Gasteiger partial charge in [-0.1, -0.05) is 0 Å². The fourth-order valence-electron chi connectivity index (χ4n) is 0.597. The molecule has 0 bridgehead atoms. The highest BCUT2D eigenvalue weighted by molar-refractivity contribution is 5.24. The van der Waals surface area contributed by atoms with E-state index in [1.807, 2.05) is 19.1 Å². The molecule has 0 aliphatic carbocycles. The first-order valence-electron chi connectivity index (χ1n) is 2.99. The number of nitrogens with zero attached hydrogens (tertiary/aromatic N) is 2. The Balaban J connectivity index is 0.000000461. The van der Waals surface area contributed by atoms with E-state index in [9.17, 15) is 0 Å². The third-order valence-electron chi connectivity index (χ3n) is 1.03. The Morgan fingerprint density at radius 2 is 2.18 bits per heavy atom. The Kier molecular flexibility index (Phi) is 4.20. The lowest BCUT2D eigenvalue weighted by Gasteiger charge is -1.87. The third kappa shape index (κ3) is 3.03. The van der Waals surface area contributed by atoms with Crippen LogP contribution in [-0.4, -0.2) is 4.98 Å². The Bertz CT molecular complexity index is 281. The number of rotatable bonds is 0. The maximum Gasteiger partial charge on any atom is 0.140 e. The topological polar surface area (TPSA) is 36.7 Å². The van der Waals surface area contributed by atoms with Gasteiger partial charge in [-0.2, -0.15) is 5.26 Å². The van der Waals surface area contributed by atoms with Gasteiger partial charge in [-0.3, -0.25) is 0 Å². The lowest BCUT2D eigenvalue weighted by molar-refractivity contribution is 1.23. The summed E-state index contributed by atoms with van der Waals surface area (Å²) in [6.45, 7) is 1.93. The summed E-state index contributed by atoms with van der Waals surface area (Å²) in [7, 11) is 0. The summed E-state index contributed by atoms with van der Waals surface area (Å²) >= 11 is 0. The van der Waals surface area contributed by atoms with Crippen LogP contribution in [0.3, 0.4) is 0 Å². The Morgan fingerprint density at radius 1 is 1.55 bits per heavy atom. The fourth-order valence-corrected chi connectivity index (χ4v) is 0.597. The van der Waals surface area contributed by atoms with Gasteiger partial charge in [0.05, 0.1) is 0 Å². The third-order valence-corrected chi connectivity index (χ3v) is 1.03. The zero-order valence-corrected chi connectivity index (χ0v) is 6.28. The Labute approximate surface area is 66.5 Å². The largest absolute Gasteiger partial charge is 0.246 e. The van der Waals surface area contributed by atoms with Gasteiger partial charge in [0, 0.05) is 6.20 Å². The van der Waals surface area contributed by atoms with Crippen molar-refractivity contribution in [2.24, 2.45) is 0 Å². The van der Waals surface area contributed by atoms with Crippen LogP contribution in [-0.2, 0) is 0 Å². The Morgan fingerprint density at radius 3 is 2.55 bits per heavy atom. The van der Waals surface area contributed by atoms with Gasteiger partial charge in [0.15, 0.2) is 0 Å². The normalized spacial score (nSPS) is 7.09. The first-order chi connectivity index (χ1) is 5.33. The van der Waals surface area contributed by atoms with Crippen LogP contribution in [0.4, 0.5) is 0 Å². The van der Waals surface area contributed by atoms with Crippen molar-refractivity contribution in [3.63, 3.8) is 0 Å². The van der Waals surface area contributed by atoms with Gasteiger partial charge in [-0.05, 0) is 24.6 Å². The average molecular weight is 144 g/mol. The first kappa shape index (κ1) is 9.20. The van der Waals surface area contributed by atoms with Crippen LogP contribution in [0.1, 0.15) is 11.3 Å². The second kappa shape index (κ2) is 5.02. The molecule has 0 radical (unpaired) electrons. The van der Waals surface area contributed by atoms with Gasteiger partial charge in [-0.15, -0.1) is 12.8 Å². The number of aromatic nitrogens is 1. The second-order valence-electron chi connectivity index (χ2n) is 1.83. The van der Waals surface area contributed by atoms with Crippen molar-refractivity contribution in [1.29, 1.82) is 5.26 Å². The molecule has 1 heterocycles. The molecule has 0 aliphatic heterocycles. The minimum absolute atomic E-state index is 0.481. The number of terminal acetylenes is 1.